The fourth-order valence-electron chi connectivity index (χ4n) is 3.67. The average molecular weight is 569 g/mol. The average Bonchev–Trinajstić information content (AvgIpc) is 2.80. The fraction of sp³-hybridized carbons (Fsp3) is 0.500. The van der Waals surface area contributed by atoms with Gasteiger partial charge in [-0.25, -0.2) is 9.79 Å². The largest absolute Gasteiger partial charge is 0.462 e. The number of ether oxygens (including phenoxy) is 2. The van der Waals surface area contributed by atoms with E-state index in [2.05, 4.69) is 14.6 Å². The number of halogens is 5. The molecular formula is C22H25Cl2F3N4O4S. The van der Waals surface area contributed by atoms with E-state index in [-0.39, 0.29) is 13.2 Å². The van der Waals surface area contributed by atoms with Gasteiger partial charge in [0.15, 0.2) is 11.2 Å². The molecule has 198 valence electrons. The summed E-state index contributed by atoms with van der Waals surface area (Å²) in [6.45, 7) is 4.83. The molecule has 0 saturated carbocycles. The van der Waals surface area contributed by atoms with Crippen molar-refractivity contribution in [2.75, 3.05) is 32.8 Å². The summed E-state index contributed by atoms with van der Waals surface area (Å²) in [6.07, 6.45) is -4.23. The van der Waals surface area contributed by atoms with E-state index in [0.29, 0.717) is 48.2 Å². The molecule has 2 atom stereocenters. The molecule has 1 N–H and O–H groups in total. The Morgan fingerprint density at radius 2 is 2.06 bits per heavy atom. The number of alkyl halides is 3. The number of rotatable bonds is 8. The van der Waals surface area contributed by atoms with Crippen molar-refractivity contribution in [2.24, 2.45) is 4.99 Å². The van der Waals surface area contributed by atoms with Crippen LogP contribution in [0.15, 0.2) is 35.0 Å². The molecule has 1 saturated heterocycles. The van der Waals surface area contributed by atoms with Gasteiger partial charge in [-0.15, -0.1) is 0 Å². The van der Waals surface area contributed by atoms with Crippen LogP contribution in [-0.4, -0.2) is 78.0 Å². The molecule has 0 bridgehead atoms. The van der Waals surface area contributed by atoms with Gasteiger partial charge in [-0.1, -0.05) is 29.3 Å². The van der Waals surface area contributed by atoms with Gasteiger partial charge in [-0.3, -0.25) is 14.4 Å². The molecule has 2 heterocycles. The van der Waals surface area contributed by atoms with Crippen LogP contribution in [0, 0.1) is 0 Å². The van der Waals surface area contributed by atoms with E-state index in [1.807, 2.05) is 6.07 Å². The van der Waals surface area contributed by atoms with E-state index in [1.54, 1.807) is 12.1 Å². The van der Waals surface area contributed by atoms with Gasteiger partial charge in [0.25, 0.3) is 0 Å². The lowest BCUT2D eigenvalue weighted by molar-refractivity contribution is -0.138. The van der Waals surface area contributed by atoms with Gasteiger partial charge in [0.05, 0.1) is 29.4 Å². The summed E-state index contributed by atoms with van der Waals surface area (Å²) in [6, 6.07) is 5.36. The van der Waals surface area contributed by atoms with Crippen LogP contribution in [0.3, 0.4) is 0 Å². The maximum absolute atomic E-state index is 13.7. The van der Waals surface area contributed by atoms with Crippen LogP contribution in [0.1, 0.15) is 19.4 Å². The zero-order chi connectivity index (χ0) is 26.5. The number of hydrogen-bond donors (Lipinski definition) is 1. The minimum atomic E-state index is -4.89. The maximum Gasteiger partial charge on any atom is 0.433 e. The summed E-state index contributed by atoms with van der Waals surface area (Å²) in [4.78, 5) is 31.1. The van der Waals surface area contributed by atoms with Crippen LogP contribution in [0.25, 0.3) is 0 Å². The smallest absolute Gasteiger partial charge is 0.433 e. The summed E-state index contributed by atoms with van der Waals surface area (Å²) < 4.78 is 54.3. The second-order valence-electron chi connectivity index (χ2n) is 8.01. The first-order chi connectivity index (χ1) is 17.0. The molecule has 2 aliphatic rings. The molecule has 2 aliphatic heterocycles. The Kier molecular flexibility index (Phi) is 9.93. The van der Waals surface area contributed by atoms with E-state index in [9.17, 15) is 22.8 Å². The van der Waals surface area contributed by atoms with Gasteiger partial charge in [0, 0.05) is 51.3 Å². The Balaban J connectivity index is 1.79. The van der Waals surface area contributed by atoms with E-state index in [4.69, 9.17) is 32.7 Å². The first-order valence-corrected chi connectivity index (χ1v) is 12.6. The number of aliphatic imine (C=N–C) groups is 1. The molecule has 1 unspecified atom stereocenters. The molecular weight excluding hydrogens is 544 g/mol. The van der Waals surface area contributed by atoms with Crippen molar-refractivity contribution in [3.05, 3.63) is 45.6 Å². The quantitative estimate of drug-likeness (QED) is 0.374. The third-order valence-corrected chi connectivity index (χ3v) is 6.90. The third-order valence-electron chi connectivity index (χ3n) is 5.17. The highest BCUT2D eigenvalue weighted by Gasteiger charge is 2.45. The van der Waals surface area contributed by atoms with Gasteiger partial charge >= 0.3 is 12.1 Å². The van der Waals surface area contributed by atoms with Crippen molar-refractivity contribution < 1.29 is 32.2 Å². The van der Waals surface area contributed by atoms with Gasteiger partial charge in [0.2, 0.25) is 5.91 Å². The van der Waals surface area contributed by atoms with Gasteiger partial charge in [0.1, 0.15) is 5.57 Å². The second-order valence-corrected chi connectivity index (χ2v) is 9.69. The third kappa shape index (κ3) is 7.75. The van der Waals surface area contributed by atoms with E-state index < -0.39 is 40.9 Å². The number of amides is 1. The van der Waals surface area contributed by atoms with Gasteiger partial charge < -0.3 is 14.4 Å². The van der Waals surface area contributed by atoms with Crippen LogP contribution in [-0.2, 0) is 25.6 Å². The zero-order valence-electron chi connectivity index (χ0n) is 19.5. The Bertz CT molecular complexity index is 1040. The Morgan fingerprint density at radius 3 is 2.69 bits per heavy atom. The molecule has 1 fully saturated rings. The molecule has 1 amide bonds. The number of nitrogens with zero attached hydrogens (tertiary/aromatic N) is 3. The van der Waals surface area contributed by atoms with Crippen molar-refractivity contribution >= 4 is 52.7 Å². The molecule has 8 nitrogen and oxygen atoms in total. The molecule has 0 aromatic heterocycles. The summed E-state index contributed by atoms with van der Waals surface area (Å²) in [5.41, 5.74) is -2.28. The highest BCUT2D eigenvalue weighted by Crippen LogP contribution is 2.31. The highest BCUT2D eigenvalue weighted by atomic mass is 35.5. The molecule has 1 aromatic carbocycles. The second kappa shape index (κ2) is 12.5. The molecule has 0 aliphatic carbocycles. The summed E-state index contributed by atoms with van der Waals surface area (Å²) >= 11 is 12.8. The lowest BCUT2D eigenvalue weighted by Gasteiger charge is -2.38. The maximum atomic E-state index is 13.7. The van der Waals surface area contributed by atoms with Crippen LogP contribution >= 0.6 is 35.1 Å². The minimum Gasteiger partial charge on any atom is -0.462 e. The predicted octanol–water partition coefficient (Wildman–Crippen LogP) is 4.03. The molecule has 3 rings (SSSR count). The fourth-order valence-corrected chi connectivity index (χ4v) is 4.70. The standard InChI is InChI=1S/C22H25Cl2F3N4O4S/c1-3-34-20(33)16-12-31(21(36-29-13(2)32)28-19(16)22(25,26)27)11-15-10-30(6-7-35-15)9-14-4-5-17(23)18(24)8-14/h4-5,8,12,15,21H,3,6-7,9-11H2,1-2H3,(H,29,32)/t15?,21-/m1/s1. The molecule has 36 heavy (non-hydrogen) atoms. The van der Waals surface area contributed by atoms with Crippen LogP contribution < -0.4 is 4.72 Å². The van der Waals surface area contributed by atoms with Crippen molar-refractivity contribution in [3.8, 4) is 0 Å². The number of morpholine rings is 1. The minimum absolute atomic E-state index is 0.0964. The number of benzene rings is 1. The van der Waals surface area contributed by atoms with Crippen molar-refractivity contribution in [2.45, 2.75) is 38.2 Å². The van der Waals surface area contributed by atoms with Crippen LogP contribution in [0.2, 0.25) is 10.0 Å². The van der Waals surface area contributed by atoms with Crippen LogP contribution in [0.5, 0.6) is 0 Å². The first-order valence-electron chi connectivity index (χ1n) is 11.0. The number of nitrogens with one attached hydrogen (secondary N) is 1. The Hall–Kier alpha value is -1.99. The highest BCUT2D eigenvalue weighted by molar-refractivity contribution is 7.98. The number of esters is 1. The topological polar surface area (TPSA) is 83.5 Å². The molecule has 0 spiro atoms. The van der Waals surface area contributed by atoms with Crippen molar-refractivity contribution in [3.63, 3.8) is 0 Å². The van der Waals surface area contributed by atoms with Crippen LogP contribution in [0.4, 0.5) is 13.2 Å². The Morgan fingerprint density at radius 1 is 1.31 bits per heavy atom. The van der Waals surface area contributed by atoms with Gasteiger partial charge in [-0.05, 0) is 24.6 Å². The monoisotopic (exact) mass is 568 g/mol. The zero-order valence-corrected chi connectivity index (χ0v) is 21.8. The lowest BCUT2D eigenvalue weighted by Crippen LogP contribution is -2.49. The lowest BCUT2D eigenvalue weighted by atomic mass is 10.1. The van der Waals surface area contributed by atoms with Gasteiger partial charge in [-0.2, -0.15) is 13.2 Å². The molecule has 14 heteroatoms. The number of carbonyl (C=O) groups is 2. The van der Waals surface area contributed by atoms with E-state index >= 15 is 0 Å². The van der Waals surface area contributed by atoms with E-state index in [1.165, 1.54) is 18.7 Å². The predicted molar refractivity (Wildman–Crippen MR) is 132 cm³/mol. The van der Waals surface area contributed by atoms with Crippen molar-refractivity contribution in [1.82, 2.24) is 14.5 Å². The normalized spacial score (nSPS) is 21.0. The SMILES string of the molecule is CCOC(=O)C1=CN(CC2CN(Cc3ccc(Cl)c(Cl)c3)CCO2)[C@H](SNC(C)=O)N=C1C(F)(F)F. The Labute approximate surface area is 220 Å². The summed E-state index contributed by atoms with van der Waals surface area (Å²) in [7, 11) is 0. The first kappa shape index (κ1) is 28.6. The molecule has 0 radical (unpaired) electrons. The number of hydrogen-bond acceptors (Lipinski definition) is 8. The molecule has 1 aromatic rings. The summed E-state index contributed by atoms with van der Waals surface area (Å²) in [5.74, 6) is -1.59. The summed E-state index contributed by atoms with van der Waals surface area (Å²) in [5, 5.41) is 0.899. The van der Waals surface area contributed by atoms with Crippen molar-refractivity contribution in [1.29, 1.82) is 0 Å². The number of carbonyl (C=O) groups excluding carboxylic acids is 2. The van der Waals surface area contributed by atoms with E-state index in [0.717, 1.165) is 11.8 Å².